The summed E-state index contributed by atoms with van der Waals surface area (Å²) in [6.45, 7) is 8.20. The Balaban J connectivity index is 1.71. The number of rotatable bonds is 6. The lowest BCUT2D eigenvalue weighted by Gasteiger charge is -2.33. The number of hydrogen-bond acceptors (Lipinski definition) is 4. The topological polar surface area (TPSA) is 48.5 Å². The number of piperidine rings is 1. The summed E-state index contributed by atoms with van der Waals surface area (Å²) in [6, 6.07) is -0.00728. The van der Waals surface area contributed by atoms with Crippen molar-refractivity contribution in [3.8, 4) is 0 Å². The van der Waals surface area contributed by atoms with E-state index in [9.17, 15) is 4.79 Å². The van der Waals surface area contributed by atoms with Crippen molar-refractivity contribution in [2.75, 3.05) is 38.5 Å². The first-order valence-electron chi connectivity index (χ1n) is 8.25. The van der Waals surface area contributed by atoms with Crippen molar-refractivity contribution >= 4 is 22.5 Å². The molecule has 1 N–H and O–H groups in total. The second-order valence-corrected chi connectivity index (χ2v) is 7.13. The highest BCUT2D eigenvalue weighted by Crippen LogP contribution is 2.20. The molecule has 1 fully saturated rings. The number of unbranched alkanes of at least 4 members (excludes halogenated alkanes) is 1. The third kappa shape index (κ3) is 5.25. The zero-order chi connectivity index (χ0) is 15.9. The number of carbonyl (C=O) groups excluding carboxylic acids is 1. The van der Waals surface area contributed by atoms with Crippen molar-refractivity contribution in [1.29, 1.82) is 0 Å². The molecule has 124 valence electrons. The molecule has 0 aliphatic carbocycles. The first kappa shape index (κ1) is 17.2. The monoisotopic (exact) mass is 324 g/mol. The lowest BCUT2D eigenvalue weighted by atomic mass is 9.96. The van der Waals surface area contributed by atoms with E-state index >= 15 is 0 Å². The molecule has 22 heavy (non-hydrogen) atoms. The van der Waals surface area contributed by atoms with Gasteiger partial charge in [0.25, 0.3) is 0 Å². The Morgan fingerprint density at radius 2 is 2.23 bits per heavy atom. The molecule has 0 unspecified atom stereocenters. The highest BCUT2D eigenvalue weighted by atomic mass is 32.1. The van der Waals surface area contributed by atoms with Gasteiger partial charge in [-0.25, -0.2) is 9.78 Å². The van der Waals surface area contributed by atoms with Crippen LogP contribution in [0.2, 0.25) is 0 Å². The first-order chi connectivity index (χ1) is 10.6. The van der Waals surface area contributed by atoms with Gasteiger partial charge in [-0.2, -0.15) is 0 Å². The van der Waals surface area contributed by atoms with Crippen LogP contribution in [0.4, 0.5) is 9.93 Å². The molecule has 0 aromatic carbocycles. The van der Waals surface area contributed by atoms with Crippen molar-refractivity contribution < 1.29 is 4.79 Å². The van der Waals surface area contributed by atoms with Crippen molar-refractivity contribution in [2.45, 2.75) is 39.5 Å². The number of hydrogen-bond donors (Lipinski definition) is 1. The molecule has 1 aliphatic rings. The largest absolute Gasteiger partial charge is 0.324 e. The molecule has 5 nitrogen and oxygen atoms in total. The number of likely N-dealkylation sites (tertiary alicyclic amines) is 1. The molecule has 1 aromatic heterocycles. The molecule has 0 atom stereocenters. The van der Waals surface area contributed by atoms with Gasteiger partial charge < -0.3 is 9.80 Å². The van der Waals surface area contributed by atoms with Gasteiger partial charge in [-0.15, -0.1) is 11.3 Å². The van der Waals surface area contributed by atoms with E-state index in [1.165, 1.54) is 30.7 Å². The summed E-state index contributed by atoms with van der Waals surface area (Å²) < 4.78 is 0. The maximum absolute atomic E-state index is 12.2. The summed E-state index contributed by atoms with van der Waals surface area (Å²) >= 11 is 1.48. The Bertz CT molecular complexity index is 468. The van der Waals surface area contributed by atoms with Gasteiger partial charge in [0.2, 0.25) is 0 Å². The van der Waals surface area contributed by atoms with E-state index < -0.39 is 0 Å². The predicted molar refractivity (Wildman–Crippen MR) is 92.6 cm³/mol. The van der Waals surface area contributed by atoms with Crippen LogP contribution >= 0.6 is 11.3 Å². The summed E-state index contributed by atoms with van der Waals surface area (Å²) in [4.78, 5) is 20.8. The predicted octanol–water partition coefficient (Wildman–Crippen LogP) is 3.43. The van der Waals surface area contributed by atoms with E-state index in [-0.39, 0.29) is 6.03 Å². The minimum absolute atomic E-state index is 0.00728. The zero-order valence-corrected chi connectivity index (χ0v) is 14.8. The number of aryl methyl sites for hydroxylation is 1. The van der Waals surface area contributed by atoms with Crippen LogP contribution in [0.3, 0.4) is 0 Å². The third-order valence-corrected chi connectivity index (χ3v) is 5.07. The molecule has 2 rings (SSSR count). The molecule has 1 aromatic rings. The lowest BCUT2D eigenvalue weighted by Crippen LogP contribution is -2.43. The van der Waals surface area contributed by atoms with E-state index in [1.807, 2.05) is 17.2 Å². The first-order valence-corrected chi connectivity index (χ1v) is 9.13. The number of aromatic nitrogens is 1. The molecule has 6 heteroatoms. The van der Waals surface area contributed by atoms with E-state index in [0.717, 1.165) is 38.2 Å². The highest BCUT2D eigenvalue weighted by Gasteiger charge is 2.23. The fraction of sp³-hybridized carbons (Fsp3) is 0.750. The number of amides is 2. The van der Waals surface area contributed by atoms with Gasteiger partial charge in [-0.3, -0.25) is 5.32 Å². The van der Waals surface area contributed by atoms with Crippen LogP contribution in [0.15, 0.2) is 5.38 Å². The molecule has 0 spiro atoms. The van der Waals surface area contributed by atoms with Crippen LogP contribution < -0.4 is 5.32 Å². The van der Waals surface area contributed by atoms with Crippen molar-refractivity contribution in [3.63, 3.8) is 0 Å². The Morgan fingerprint density at radius 1 is 1.50 bits per heavy atom. The number of nitrogens with zero attached hydrogens (tertiary/aromatic N) is 3. The van der Waals surface area contributed by atoms with Gasteiger partial charge in [0.1, 0.15) is 0 Å². The number of anilines is 1. The summed E-state index contributed by atoms with van der Waals surface area (Å²) in [6.07, 6.45) is 4.71. The molecular weight excluding hydrogens is 296 g/mol. The quantitative estimate of drug-likeness (QED) is 0.872. The molecular formula is C16H28N4OS. The smallest absolute Gasteiger partial charge is 0.323 e. The van der Waals surface area contributed by atoms with Crippen LogP contribution in [-0.2, 0) is 0 Å². The van der Waals surface area contributed by atoms with Gasteiger partial charge in [0, 0.05) is 25.0 Å². The van der Waals surface area contributed by atoms with E-state index in [4.69, 9.17) is 0 Å². The molecule has 1 aliphatic heterocycles. The summed E-state index contributed by atoms with van der Waals surface area (Å²) in [7, 11) is 2.21. The molecule has 0 saturated carbocycles. The Kier molecular flexibility index (Phi) is 6.64. The normalized spacial score (nSPS) is 16.3. The minimum Gasteiger partial charge on any atom is -0.324 e. The third-order valence-electron chi connectivity index (χ3n) is 4.20. The standard InChI is InChI=1S/C16H28N4OS/c1-4-5-8-19(3)11-14-6-9-20(10-7-14)16(21)18-15-17-13(2)12-22-15/h12,14H,4-11H2,1-3H3,(H,17,18,21). The fourth-order valence-electron chi connectivity index (χ4n) is 2.86. The lowest BCUT2D eigenvalue weighted by molar-refractivity contribution is 0.163. The summed E-state index contributed by atoms with van der Waals surface area (Å²) in [5.41, 5.74) is 0.953. The van der Waals surface area contributed by atoms with Crippen LogP contribution in [-0.4, -0.2) is 54.0 Å². The average Bonchev–Trinajstić information content (AvgIpc) is 2.91. The van der Waals surface area contributed by atoms with E-state index in [0.29, 0.717) is 11.0 Å². The SMILES string of the molecule is CCCCN(C)CC1CCN(C(=O)Nc2nc(C)cs2)CC1. The number of nitrogens with one attached hydrogen (secondary N) is 1. The Hall–Kier alpha value is -1.14. The molecule has 0 bridgehead atoms. The minimum atomic E-state index is -0.00728. The second-order valence-electron chi connectivity index (χ2n) is 6.27. The maximum atomic E-state index is 12.2. The van der Waals surface area contributed by atoms with Crippen LogP contribution in [0, 0.1) is 12.8 Å². The Labute approximate surface area is 137 Å². The van der Waals surface area contributed by atoms with Gasteiger partial charge in [-0.05, 0) is 45.7 Å². The fourth-order valence-corrected chi connectivity index (χ4v) is 3.54. The van der Waals surface area contributed by atoms with Crippen molar-refractivity contribution in [2.24, 2.45) is 5.92 Å². The zero-order valence-electron chi connectivity index (χ0n) is 14.0. The van der Waals surface area contributed by atoms with Gasteiger partial charge >= 0.3 is 6.03 Å². The van der Waals surface area contributed by atoms with Crippen molar-refractivity contribution in [3.05, 3.63) is 11.1 Å². The van der Waals surface area contributed by atoms with Gasteiger partial charge in [0.05, 0.1) is 5.69 Å². The van der Waals surface area contributed by atoms with Crippen molar-refractivity contribution in [1.82, 2.24) is 14.8 Å². The number of carbonyl (C=O) groups is 1. The second kappa shape index (κ2) is 8.48. The maximum Gasteiger partial charge on any atom is 0.323 e. The summed E-state index contributed by atoms with van der Waals surface area (Å²) in [5.74, 6) is 0.716. The molecule has 2 heterocycles. The molecule has 2 amide bonds. The van der Waals surface area contributed by atoms with Crippen LogP contribution in [0.5, 0.6) is 0 Å². The van der Waals surface area contributed by atoms with Gasteiger partial charge in [0.15, 0.2) is 5.13 Å². The highest BCUT2D eigenvalue weighted by molar-refractivity contribution is 7.13. The van der Waals surface area contributed by atoms with E-state index in [2.05, 4.69) is 29.2 Å². The van der Waals surface area contributed by atoms with Crippen LogP contribution in [0.1, 0.15) is 38.3 Å². The summed E-state index contributed by atoms with van der Waals surface area (Å²) in [5, 5.41) is 5.55. The van der Waals surface area contributed by atoms with Crippen LogP contribution in [0.25, 0.3) is 0 Å². The number of urea groups is 1. The molecule has 1 saturated heterocycles. The molecule has 0 radical (unpaired) electrons. The van der Waals surface area contributed by atoms with E-state index in [1.54, 1.807) is 0 Å². The number of thiazole rings is 1. The van der Waals surface area contributed by atoms with Gasteiger partial charge in [-0.1, -0.05) is 13.3 Å². The Morgan fingerprint density at radius 3 is 2.82 bits per heavy atom. The average molecular weight is 324 g/mol.